The van der Waals surface area contributed by atoms with Crippen molar-refractivity contribution >= 4 is 5.91 Å². The normalized spacial score (nSPS) is 32.3. The highest BCUT2D eigenvalue weighted by molar-refractivity contribution is 5.88. The summed E-state index contributed by atoms with van der Waals surface area (Å²) in [5.41, 5.74) is -0.576. The molecule has 1 spiro atoms. The molecular formula is C10H16N2O2. The number of hydrogen-bond donors (Lipinski definition) is 1. The zero-order chi connectivity index (χ0) is 9.97. The van der Waals surface area contributed by atoms with Crippen LogP contribution in [0.4, 0.5) is 0 Å². The van der Waals surface area contributed by atoms with Crippen LogP contribution in [0.3, 0.4) is 0 Å². The van der Waals surface area contributed by atoms with E-state index in [9.17, 15) is 9.90 Å². The van der Waals surface area contributed by atoms with E-state index in [0.717, 1.165) is 26.2 Å². The Labute approximate surface area is 83.5 Å². The lowest BCUT2D eigenvalue weighted by atomic mass is 9.73. The number of hydrogen-bond acceptors (Lipinski definition) is 3. The number of carbonyl (C=O) groups excluding carboxylic acids is 1. The van der Waals surface area contributed by atoms with Crippen LogP contribution >= 0.6 is 0 Å². The molecular weight excluding hydrogens is 180 g/mol. The third-order valence-electron chi connectivity index (χ3n) is 3.67. The molecule has 0 atom stereocenters. The third kappa shape index (κ3) is 1.04. The Balaban J connectivity index is 1.57. The van der Waals surface area contributed by atoms with Crippen molar-refractivity contribution in [3.8, 4) is 0 Å². The summed E-state index contributed by atoms with van der Waals surface area (Å²) < 4.78 is 0. The number of rotatable bonds is 1. The van der Waals surface area contributed by atoms with Gasteiger partial charge in [0.25, 0.3) is 5.91 Å². The molecule has 4 nitrogen and oxygen atoms in total. The fraction of sp³-hybridized carbons (Fsp3) is 0.900. The molecule has 1 saturated carbocycles. The van der Waals surface area contributed by atoms with Crippen molar-refractivity contribution < 1.29 is 9.90 Å². The number of amides is 1. The van der Waals surface area contributed by atoms with Gasteiger partial charge in [0.1, 0.15) is 5.60 Å². The zero-order valence-corrected chi connectivity index (χ0v) is 8.49. The Hall–Kier alpha value is -0.610. The minimum Gasteiger partial charge on any atom is -0.380 e. The van der Waals surface area contributed by atoms with Gasteiger partial charge < -0.3 is 14.9 Å². The van der Waals surface area contributed by atoms with Gasteiger partial charge in [0.05, 0.1) is 0 Å². The van der Waals surface area contributed by atoms with Gasteiger partial charge in [0.2, 0.25) is 0 Å². The highest BCUT2D eigenvalue weighted by atomic mass is 16.3. The fourth-order valence-electron chi connectivity index (χ4n) is 2.83. The van der Waals surface area contributed by atoms with Gasteiger partial charge >= 0.3 is 0 Å². The van der Waals surface area contributed by atoms with E-state index in [1.54, 1.807) is 0 Å². The highest BCUT2D eigenvalue weighted by Crippen LogP contribution is 2.43. The zero-order valence-electron chi connectivity index (χ0n) is 8.49. The lowest BCUT2D eigenvalue weighted by Gasteiger charge is -2.59. The molecule has 0 radical (unpaired) electrons. The maximum atomic E-state index is 11.7. The highest BCUT2D eigenvalue weighted by Gasteiger charge is 2.58. The Kier molecular flexibility index (Phi) is 1.43. The molecule has 3 aliphatic rings. The van der Waals surface area contributed by atoms with Crippen LogP contribution in [0.25, 0.3) is 0 Å². The van der Waals surface area contributed by atoms with Crippen LogP contribution in [0.2, 0.25) is 0 Å². The van der Waals surface area contributed by atoms with Crippen molar-refractivity contribution in [3.05, 3.63) is 0 Å². The monoisotopic (exact) mass is 196 g/mol. The number of likely N-dealkylation sites (tertiary alicyclic amines) is 2. The maximum absolute atomic E-state index is 11.7. The van der Waals surface area contributed by atoms with E-state index in [1.165, 1.54) is 0 Å². The fourth-order valence-corrected chi connectivity index (χ4v) is 2.83. The van der Waals surface area contributed by atoms with Gasteiger partial charge in [0, 0.05) is 31.6 Å². The van der Waals surface area contributed by atoms with E-state index in [2.05, 4.69) is 11.9 Å². The first-order valence-corrected chi connectivity index (χ1v) is 5.23. The SMILES string of the molecule is CN1CC2(C1)CN(C(=O)C1(O)CC1)C2. The van der Waals surface area contributed by atoms with Crippen LogP contribution in [0, 0.1) is 5.41 Å². The summed E-state index contributed by atoms with van der Waals surface area (Å²) in [6.45, 7) is 3.93. The van der Waals surface area contributed by atoms with Crippen LogP contribution in [-0.2, 0) is 4.79 Å². The van der Waals surface area contributed by atoms with Crippen LogP contribution in [0.5, 0.6) is 0 Å². The first-order chi connectivity index (χ1) is 6.53. The van der Waals surface area contributed by atoms with Crippen molar-refractivity contribution in [3.63, 3.8) is 0 Å². The second-order valence-electron chi connectivity index (χ2n) is 5.37. The molecule has 2 saturated heterocycles. The summed E-state index contributed by atoms with van der Waals surface area (Å²) in [6, 6.07) is 0. The van der Waals surface area contributed by atoms with Crippen molar-refractivity contribution in [1.82, 2.24) is 9.80 Å². The second kappa shape index (κ2) is 2.31. The Morgan fingerprint density at radius 3 is 2.21 bits per heavy atom. The van der Waals surface area contributed by atoms with Crippen molar-refractivity contribution in [2.75, 3.05) is 33.2 Å². The standard InChI is InChI=1S/C10H16N2O2/c1-11-4-9(5-11)6-12(7-9)8(13)10(14)2-3-10/h14H,2-7H2,1H3. The largest absolute Gasteiger partial charge is 0.380 e. The molecule has 4 heteroatoms. The van der Waals surface area contributed by atoms with Crippen molar-refractivity contribution in [1.29, 1.82) is 0 Å². The molecule has 0 bridgehead atoms. The van der Waals surface area contributed by atoms with Gasteiger partial charge in [-0.1, -0.05) is 0 Å². The Morgan fingerprint density at radius 2 is 1.79 bits per heavy atom. The van der Waals surface area contributed by atoms with Gasteiger partial charge in [-0.25, -0.2) is 0 Å². The predicted octanol–water partition coefficient (Wildman–Crippen LogP) is -0.715. The van der Waals surface area contributed by atoms with E-state index in [0.29, 0.717) is 18.3 Å². The minimum absolute atomic E-state index is 0.0299. The van der Waals surface area contributed by atoms with Crippen molar-refractivity contribution in [2.45, 2.75) is 18.4 Å². The summed E-state index contributed by atoms with van der Waals surface area (Å²) in [5, 5.41) is 9.64. The van der Waals surface area contributed by atoms with Gasteiger partial charge in [-0.2, -0.15) is 0 Å². The van der Waals surface area contributed by atoms with E-state index in [-0.39, 0.29) is 5.91 Å². The van der Waals surface area contributed by atoms with E-state index in [1.807, 2.05) is 4.90 Å². The first kappa shape index (κ1) is 8.68. The lowest BCUT2D eigenvalue weighted by molar-refractivity contribution is -0.167. The number of aliphatic hydroxyl groups is 1. The topological polar surface area (TPSA) is 43.8 Å². The molecule has 1 N–H and O–H groups in total. The third-order valence-corrected chi connectivity index (χ3v) is 3.67. The number of nitrogens with zero attached hydrogens (tertiary/aromatic N) is 2. The molecule has 14 heavy (non-hydrogen) atoms. The minimum atomic E-state index is -0.961. The summed E-state index contributed by atoms with van der Waals surface area (Å²) >= 11 is 0. The molecule has 1 aliphatic carbocycles. The molecule has 1 amide bonds. The molecule has 0 unspecified atom stereocenters. The molecule has 3 fully saturated rings. The lowest BCUT2D eigenvalue weighted by Crippen LogP contribution is -2.73. The van der Waals surface area contributed by atoms with Gasteiger partial charge in [0.15, 0.2) is 0 Å². The number of carbonyl (C=O) groups is 1. The average molecular weight is 196 g/mol. The quantitative estimate of drug-likeness (QED) is 0.602. The first-order valence-electron chi connectivity index (χ1n) is 5.23. The van der Waals surface area contributed by atoms with Crippen LogP contribution < -0.4 is 0 Å². The molecule has 0 aromatic heterocycles. The van der Waals surface area contributed by atoms with Crippen molar-refractivity contribution in [2.24, 2.45) is 5.41 Å². The van der Waals surface area contributed by atoms with E-state index >= 15 is 0 Å². The Bertz CT molecular complexity index is 284. The van der Waals surface area contributed by atoms with Gasteiger partial charge in [-0.05, 0) is 19.9 Å². The van der Waals surface area contributed by atoms with Gasteiger partial charge in [-0.15, -0.1) is 0 Å². The molecule has 0 aromatic carbocycles. The average Bonchev–Trinajstić information content (AvgIpc) is 2.73. The van der Waals surface area contributed by atoms with Crippen LogP contribution in [-0.4, -0.2) is 59.6 Å². The summed E-state index contributed by atoms with van der Waals surface area (Å²) in [6.07, 6.45) is 1.32. The predicted molar refractivity (Wildman–Crippen MR) is 50.7 cm³/mol. The molecule has 3 rings (SSSR count). The van der Waals surface area contributed by atoms with Gasteiger partial charge in [-0.3, -0.25) is 4.79 Å². The summed E-state index contributed by atoms with van der Waals surface area (Å²) in [5.74, 6) is -0.0299. The summed E-state index contributed by atoms with van der Waals surface area (Å²) in [7, 11) is 2.10. The molecule has 78 valence electrons. The van der Waals surface area contributed by atoms with Crippen LogP contribution in [0.15, 0.2) is 0 Å². The maximum Gasteiger partial charge on any atom is 0.254 e. The Morgan fingerprint density at radius 1 is 1.21 bits per heavy atom. The van der Waals surface area contributed by atoms with Crippen LogP contribution in [0.1, 0.15) is 12.8 Å². The van der Waals surface area contributed by atoms with E-state index in [4.69, 9.17) is 0 Å². The second-order valence-corrected chi connectivity index (χ2v) is 5.37. The molecule has 2 heterocycles. The molecule has 2 aliphatic heterocycles. The summed E-state index contributed by atoms with van der Waals surface area (Å²) in [4.78, 5) is 15.8. The molecule has 0 aromatic rings. The smallest absolute Gasteiger partial charge is 0.254 e. The van der Waals surface area contributed by atoms with E-state index < -0.39 is 5.60 Å².